The lowest BCUT2D eigenvalue weighted by atomic mass is 10.1. The number of carbonyl (C=O) groups excluding carboxylic acids is 1. The van der Waals surface area contributed by atoms with Crippen molar-refractivity contribution < 1.29 is 9.53 Å². The van der Waals surface area contributed by atoms with Crippen LogP contribution >= 0.6 is 0 Å². The van der Waals surface area contributed by atoms with E-state index in [1.807, 2.05) is 0 Å². The molecular formula is C10H13NO2. The molecule has 0 aliphatic rings. The molecule has 13 heavy (non-hydrogen) atoms. The van der Waals surface area contributed by atoms with E-state index in [0.717, 1.165) is 0 Å². The Hall–Kier alpha value is -1.35. The molecule has 3 nitrogen and oxygen atoms in total. The van der Waals surface area contributed by atoms with Crippen molar-refractivity contribution in [1.29, 1.82) is 0 Å². The standard InChI is InChI=1S/C10H13NO2/c1-7(13-2)10(12)8-5-3-4-6-9(8)11/h3-7H,11H2,1-2H3. The normalized spacial score (nSPS) is 12.5. The Morgan fingerprint density at radius 3 is 2.62 bits per heavy atom. The zero-order chi connectivity index (χ0) is 9.84. The topological polar surface area (TPSA) is 52.3 Å². The first kappa shape index (κ1) is 9.74. The molecule has 1 aromatic rings. The maximum atomic E-state index is 11.6. The Kier molecular flexibility index (Phi) is 3.03. The Morgan fingerprint density at radius 1 is 1.46 bits per heavy atom. The van der Waals surface area contributed by atoms with E-state index in [1.54, 1.807) is 31.2 Å². The summed E-state index contributed by atoms with van der Waals surface area (Å²) in [6, 6.07) is 6.98. The minimum atomic E-state index is -0.440. The number of Topliss-reactive ketones (excluding diaryl/α,β-unsaturated/α-hetero) is 1. The van der Waals surface area contributed by atoms with Gasteiger partial charge in [-0.25, -0.2) is 0 Å². The van der Waals surface area contributed by atoms with Crippen LogP contribution in [0.5, 0.6) is 0 Å². The third kappa shape index (κ3) is 2.06. The fourth-order valence-electron chi connectivity index (χ4n) is 1.05. The summed E-state index contributed by atoms with van der Waals surface area (Å²) < 4.78 is 4.92. The Balaban J connectivity index is 2.95. The van der Waals surface area contributed by atoms with E-state index >= 15 is 0 Å². The average Bonchev–Trinajstić information content (AvgIpc) is 2.16. The quantitative estimate of drug-likeness (QED) is 0.565. The van der Waals surface area contributed by atoms with Crippen LogP contribution in [0.15, 0.2) is 24.3 Å². The molecule has 0 heterocycles. The first-order valence-corrected chi connectivity index (χ1v) is 4.08. The highest BCUT2D eigenvalue weighted by Crippen LogP contribution is 2.13. The Morgan fingerprint density at radius 2 is 2.08 bits per heavy atom. The van der Waals surface area contributed by atoms with Crippen molar-refractivity contribution >= 4 is 11.5 Å². The SMILES string of the molecule is COC(C)C(=O)c1ccccc1N. The number of hydrogen-bond acceptors (Lipinski definition) is 3. The van der Waals surface area contributed by atoms with Gasteiger partial charge in [-0.2, -0.15) is 0 Å². The third-order valence-corrected chi connectivity index (χ3v) is 1.95. The van der Waals surface area contributed by atoms with Gasteiger partial charge in [0.2, 0.25) is 0 Å². The summed E-state index contributed by atoms with van der Waals surface area (Å²) in [6.45, 7) is 1.70. The summed E-state index contributed by atoms with van der Waals surface area (Å²) in [6.07, 6.45) is -0.440. The number of methoxy groups -OCH3 is 1. The maximum absolute atomic E-state index is 11.6. The number of hydrogen-bond donors (Lipinski definition) is 1. The van der Waals surface area contributed by atoms with Gasteiger partial charge in [0.05, 0.1) is 0 Å². The smallest absolute Gasteiger partial charge is 0.193 e. The molecule has 0 radical (unpaired) electrons. The van der Waals surface area contributed by atoms with Crippen LogP contribution in [0.4, 0.5) is 5.69 Å². The summed E-state index contributed by atoms with van der Waals surface area (Å²) in [5.41, 5.74) is 6.66. The van der Waals surface area contributed by atoms with Crippen molar-refractivity contribution in [2.45, 2.75) is 13.0 Å². The van der Waals surface area contributed by atoms with Crippen molar-refractivity contribution in [2.75, 3.05) is 12.8 Å². The maximum Gasteiger partial charge on any atom is 0.193 e. The van der Waals surface area contributed by atoms with E-state index in [9.17, 15) is 4.79 Å². The molecule has 0 fully saturated rings. The fraction of sp³-hybridized carbons (Fsp3) is 0.300. The minimum absolute atomic E-state index is 0.0828. The van der Waals surface area contributed by atoms with E-state index in [4.69, 9.17) is 10.5 Å². The third-order valence-electron chi connectivity index (χ3n) is 1.95. The second-order valence-electron chi connectivity index (χ2n) is 2.83. The van der Waals surface area contributed by atoms with E-state index < -0.39 is 6.10 Å². The summed E-state index contributed by atoms with van der Waals surface area (Å²) in [5, 5.41) is 0. The van der Waals surface area contributed by atoms with Crippen LogP contribution in [0.2, 0.25) is 0 Å². The fourth-order valence-corrected chi connectivity index (χ4v) is 1.05. The summed E-state index contributed by atoms with van der Waals surface area (Å²) in [7, 11) is 1.50. The van der Waals surface area contributed by atoms with Gasteiger partial charge < -0.3 is 10.5 Å². The lowest BCUT2D eigenvalue weighted by Crippen LogP contribution is -2.20. The number of nitrogens with two attached hydrogens (primary N) is 1. The van der Waals surface area contributed by atoms with Gasteiger partial charge in [0, 0.05) is 18.4 Å². The molecule has 3 heteroatoms. The molecule has 2 N–H and O–H groups in total. The second kappa shape index (κ2) is 4.05. The summed E-state index contributed by atoms with van der Waals surface area (Å²) in [4.78, 5) is 11.6. The van der Waals surface area contributed by atoms with Gasteiger partial charge in [-0.1, -0.05) is 12.1 Å². The molecule has 70 valence electrons. The van der Waals surface area contributed by atoms with Gasteiger partial charge in [0.1, 0.15) is 6.10 Å². The Bertz CT molecular complexity index is 310. The molecule has 0 amide bonds. The number of ketones is 1. The van der Waals surface area contributed by atoms with E-state index in [2.05, 4.69) is 0 Å². The zero-order valence-corrected chi connectivity index (χ0v) is 7.78. The lowest BCUT2D eigenvalue weighted by Gasteiger charge is -2.09. The van der Waals surface area contributed by atoms with Gasteiger partial charge in [0.25, 0.3) is 0 Å². The highest BCUT2D eigenvalue weighted by molar-refractivity contribution is 6.03. The van der Waals surface area contributed by atoms with Gasteiger partial charge in [-0.3, -0.25) is 4.79 Å². The Labute approximate surface area is 77.5 Å². The predicted octanol–water partition coefficient (Wildman–Crippen LogP) is 1.49. The number of para-hydroxylation sites is 1. The van der Waals surface area contributed by atoms with Gasteiger partial charge in [-0.15, -0.1) is 0 Å². The highest BCUT2D eigenvalue weighted by Gasteiger charge is 2.15. The van der Waals surface area contributed by atoms with Crippen molar-refractivity contribution in [3.63, 3.8) is 0 Å². The van der Waals surface area contributed by atoms with E-state index in [-0.39, 0.29) is 5.78 Å². The van der Waals surface area contributed by atoms with Crippen molar-refractivity contribution in [3.05, 3.63) is 29.8 Å². The minimum Gasteiger partial charge on any atom is -0.398 e. The van der Waals surface area contributed by atoms with Gasteiger partial charge in [-0.05, 0) is 19.1 Å². The predicted molar refractivity (Wildman–Crippen MR) is 51.7 cm³/mol. The van der Waals surface area contributed by atoms with Gasteiger partial charge in [0.15, 0.2) is 5.78 Å². The number of ether oxygens (including phenoxy) is 1. The second-order valence-corrected chi connectivity index (χ2v) is 2.83. The van der Waals surface area contributed by atoms with Crippen LogP contribution in [0, 0.1) is 0 Å². The molecule has 1 atom stereocenters. The van der Waals surface area contributed by atoms with Crippen molar-refractivity contribution in [2.24, 2.45) is 0 Å². The first-order valence-electron chi connectivity index (χ1n) is 4.08. The van der Waals surface area contributed by atoms with Crippen molar-refractivity contribution in [3.8, 4) is 0 Å². The van der Waals surface area contributed by atoms with Crippen LogP contribution in [0.3, 0.4) is 0 Å². The van der Waals surface area contributed by atoms with Crippen molar-refractivity contribution in [1.82, 2.24) is 0 Å². The van der Waals surface area contributed by atoms with Crippen LogP contribution in [-0.2, 0) is 4.74 Å². The van der Waals surface area contributed by atoms with Crippen LogP contribution in [0.25, 0.3) is 0 Å². The molecule has 0 bridgehead atoms. The van der Waals surface area contributed by atoms with E-state index in [0.29, 0.717) is 11.3 Å². The molecule has 0 aliphatic carbocycles. The summed E-state index contributed by atoms with van der Waals surface area (Å²) >= 11 is 0. The molecule has 0 aromatic heterocycles. The van der Waals surface area contributed by atoms with E-state index in [1.165, 1.54) is 7.11 Å². The zero-order valence-electron chi connectivity index (χ0n) is 7.78. The molecule has 0 spiro atoms. The van der Waals surface area contributed by atoms with Gasteiger partial charge >= 0.3 is 0 Å². The van der Waals surface area contributed by atoms with Crippen LogP contribution in [-0.4, -0.2) is 19.0 Å². The number of nitrogen functional groups attached to an aromatic ring is 1. The first-order chi connectivity index (χ1) is 6.16. The lowest BCUT2D eigenvalue weighted by molar-refractivity contribution is 0.0656. The molecule has 0 saturated carbocycles. The molecule has 1 aromatic carbocycles. The number of benzene rings is 1. The largest absolute Gasteiger partial charge is 0.398 e. The molecule has 0 aliphatic heterocycles. The molecule has 1 rings (SSSR count). The molecular weight excluding hydrogens is 166 g/mol. The number of rotatable bonds is 3. The highest BCUT2D eigenvalue weighted by atomic mass is 16.5. The average molecular weight is 179 g/mol. The molecule has 0 saturated heterocycles. The van der Waals surface area contributed by atoms with Crippen LogP contribution < -0.4 is 5.73 Å². The van der Waals surface area contributed by atoms with Crippen LogP contribution in [0.1, 0.15) is 17.3 Å². The monoisotopic (exact) mass is 179 g/mol. The number of carbonyl (C=O) groups is 1. The summed E-state index contributed by atoms with van der Waals surface area (Å²) in [5.74, 6) is -0.0828. The number of anilines is 1. The molecule has 1 unspecified atom stereocenters.